The Balaban J connectivity index is 1.54. The molecule has 0 atom stereocenters. The second-order valence-corrected chi connectivity index (χ2v) is 7.46. The molecule has 0 radical (unpaired) electrons. The highest BCUT2D eigenvalue weighted by Crippen LogP contribution is 2.29. The summed E-state index contributed by atoms with van der Waals surface area (Å²) in [6, 6.07) is 8.33. The molecule has 0 aliphatic carbocycles. The van der Waals surface area contributed by atoms with Crippen molar-refractivity contribution in [2.24, 2.45) is 0 Å². The van der Waals surface area contributed by atoms with Crippen LogP contribution in [-0.4, -0.2) is 53.1 Å². The first-order chi connectivity index (χ1) is 13.5. The molecule has 0 saturated carbocycles. The summed E-state index contributed by atoms with van der Waals surface area (Å²) >= 11 is 0. The summed E-state index contributed by atoms with van der Waals surface area (Å²) in [6.45, 7) is 4.34. The van der Waals surface area contributed by atoms with Crippen LogP contribution >= 0.6 is 0 Å². The van der Waals surface area contributed by atoms with Crippen molar-refractivity contribution in [3.63, 3.8) is 0 Å². The van der Waals surface area contributed by atoms with Crippen LogP contribution in [0.1, 0.15) is 18.4 Å². The number of rotatable bonds is 4. The molecule has 3 heterocycles. The first kappa shape index (κ1) is 18.4. The number of nitrogens with one attached hydrogen (secondary N) is 1. The lowest BCUT2D eigenvalue weighted by molar-refractivity contribution is 0.253. The van der Waals surface area contributed by atoms with Crippen molar-refractivity contribution < 1.29 is 4.74 Å². The van der Waals surface area contributed by atoms with Gasteiger partial charge in [0, 0.05) is 25.0 Å². The molecule has 1 aromatic carbocycles. The van der Waals surface area contributed by atoms with Gasteiger partial charge in [0.25, 0.3) is 5.56 Å². The molecule has 1 saturated heterocycles. The molecule has 0 spiro atoms. The van der Waals surface area contributed by atoms with Crippen LogP contribution in [0.4, 0.5) is 5.69 Å². The van der Waals surface area contributed by atoms with Crippen molar-refractivity contribution in [3.05, 3.63) is 52.6 Å². The van der Waals surface area contributed by atoms with Gasteiger partial charge in [-0.3, -0.25) is 14.8 Å². The van der Waals surface area contributed by atoms with Crippen LogP contribution in [0.5, 0.6) is 11.8 Å². The molecule has 3 aromatic rings. The number of aromatic nitrogens is 3. The Morgan fingerprint density at radius 3 is 2.79 bits per heavy atom. The Bertz CT molecular complexity index is 1040. The Morgan fingerprint density at radius 2 is 2.04 bits per heavy atom. The Kier molecular flexibility index (Phi) is 5.00. The zero-order valence-electron chi connectivity index (χ0n) is 16.5. The van der Waals surface area contributed by atoms with Gasteiger partial charge in [-0.2, -0.15) is 4.98 Å². The highest BCUT2D eigenvalue weighted by molar-refractivity contribution is 5.76. The van der Waals surface area contributed by atoms with Gasteiger partial charge in [0.05, 0.1) is 17.1 Å². The van der Waals surface area contributed by atoms with Crippen LogP contribution in [0.15, 0.2) is 41.5 Å². The number of nitrogens with zero attached hydrogens (tertiary/aromatic N) is 4. The number of hydrogen-bond donors (Lipinski definition) is 1. The normalized spacial score (nSPS) is 15.7. The molecule has 7 nitrogen and oxygen atoms in total. The van der Waals surface area contributed by atoms with Crippen molar-refractivity contribution in [2.45, 2.75) is 25.8 Å². The molecule has 2 aromatic heterocycles. The van der Waals surface area contributed by atoms with Gasteiger partial charge >= 0.3 is 6.01 Å². The van der Waals surface area contributed by atoms with E-state index in [4.69, 9.17) is 4.74 Å². The number of hydrogen-bond acceptors (Lipinski definition) is 6. The fourth-order valence-electron chi connectivity index (χ4n) is 3.80. The van der Waals surface area contributed by atoms with E-state index in [-0.39, 0.29) is 11.6 Å². The number of aryl methyl sites for hydroxylation is 1. The molecule has 7 heteroatoms. The number of pyridine rings is 1. The van der Waals surface area contributed by atoms with E-state index in [1.165, 1.54) is 18.5 Å². The molecule has 146 valence electrons. The van der Waals surface area contributed by atoms with E-state index in [0.717, 1.165) is 18.7 Å². The van der Waals surface area contributed by atoms with Crippen molar-refractivity contribution in [3.8, 4) is 11.8 Å². The molecule has 0 unspecified atom stereocenters. The number of piperidine rings is 1. The van der Waals surface area contributed by atoms with Gasteiger partial charge in [-0.05, 0) is 69.7 Å². The van der Waals surface area contributed by atoms with Crippen LogP contribution in [0.2, 0.25) is 0 Å². The minimum atomic E-state index is -0.238. The number of fused-ring (bicyclic) bond motifs is 1. The van der Waals surface area contributed by atoms with Crippen molar-refractivity contribution in [1.29, 1.82) is 0 Å². The standard InChI is InChI=1S/C21H25N5O2/c1-14-12-16(4-5-19(14)26(3)15-7-10-25(2)11-8-15)28-21-23-18-13-22-9-6-17(18)20(27)24-21/h4-6,9,12-13,15H,7-8,10-11H2,1-3H3,(H,23,24,27). The van der Waals surface area contributed by atoms with E-state index in [2.05, 4.69) is 51.8 Å². The first-order valence-electron chi connectivity index (χ1n) is 9.55. The summed E-state index contributed by atoms with van der Waals surface area (Å²) in [5.74, 6) is 0.643. The third-order valence-corrected chi connectivity index (χ3v) is 5.49. The van der Waals surface area contributed by atoms with Gasteiger partial charge in [-0.1, -0.05) is 0 Å². The number of H-pyrrole nitrogens is 1. The molecule has 0 amide bonds. The minimum absolute atomic E-state index is 0.168. The van der Waals surface area contributed by atoms with E-state index in [0.29, 0.717) is 22.7 Å². The zero-order chi connectivity index (χ0) is 19.7. The highest BCUT2D eigenvalue weighted by Gasteiger charge is 2.22. The molecule has 1 fully saturated rings. The summed E-state index contributed by atoms with van der Waals surface area (Å²) in [5.41, 5.74) is 2.60. The Hall–Kier alpha value is -2.93. The second-order valence-electron chi connectivity index (χ2n) is 7.46. The quantitative estimate of drug-likeness (QED) is 0.751. The summed E-state index contributed by atoms with van der Waals surface area (Å²) in [5, 5.41) is 0.494. The number of ether oxygens (including phenoxy) is 1. The average Bonchev–Trinajstić information content (AvgIpc) is 2.68. The van der Waals surface area contributed by atoms with Gasteiger partial charge < -0.3 is 14.5 Å². The summed E-state index contributed by atoms with van der Waals surface area (Å²) in [6.07, 6.45) is 5.47. The van der Waals surface area contributed by atoms with Crippen LogP contribution in [0.3, 0.4) is 0 Å². The maximum Gasteiger partial charge on any atom is 0.302 e. The highest BCUT2D eigenvalue weighted by atomic mass is 16.5. The summed E-state index contributed by atoms with van der Waals surface area (Å²) in [7, 11) is 4.34. The maximum atomic E-state index is 12.2. The monoisotopic (exact) mass is 379 g/mol. The molecule has 1 aliphatic heterocycles. The first-order valence-corrected chi connectivity index (χ1v) is 9.55. The summed E-state index contributed by atoms with van der Waals surface area (Å²) < 4.78 is 5.82. The van der Waals surface area contributed by atoms with E-state index in [1.807, 2.05) is 12.1 Å². The lowest BCUT2D eigenvalue weighted by atomic mass is 10.0. The molecule has 28 heavy (non-hydrogen) atoms. The van der Waals surface area contributed by atoms with E-state index >= 15 is 0 Å². The van der Waals surface area contributed by atoms with Gasteiger partial charge in [0.2, 0.25) is 0 Å². The molecule has 1 N–H and O–H groups in total. The van der Waals surface area contributed by atoms with E-state index < -0.39 is 0 Å². The van der Waals surface area contributed by atoms with Gasteiger partial charge in [0.15, 0.2) is 0 Å². The molecule has 0 bridgehead atoms. The molecule has 1 aliphatic rings. The van der Waals surface area contributed by atoms with Crippen LogP contribution in [0, 0.1) is 6.92 Å². The SMILES string of the molecule is Cc1cc(Oc2nc3cnccc3c(=O)[nH]2)ccc1N(C)C1CCN(C)CC1. The third kappa shape index (κ3) is 3.71. The topological polar surface area (TPSA) is 74.3 Å². The predicted molar refractivity (Wildman–Crippen MR) is 110 cm³/mol. The maximum absolute atomic E-state index is 12.2. The lowest BCUT2D eigenvalue weighted by Gasteiger charge is -2.37. The van der Waals surface area contributed by atoms with Crippen molar-refractivity contribution in [2.75, 3.05) is 32.1 Å². The van der Waals surface area contributed by atoms with Gasteiger partial charge in [-0.15, -0.1) is 0 Å². The van der Waals surface area contributed by atoms with Crippen LogP contribution in [-0.2, 0) is 0 Å². The van der Waals surface area contributed by atoms with Crippen LogP contribution < -0.4 is 15.2 Å². The largest absolute Gasteiger partial charge is 0.426 e. The molecular formula is C21H25N5O2. The van der Waals surface area contributed by atoms with E-state index in [1.54, 1.807) is 18.5 Å². The number of aromatic amines is 1. The van der Waals surface area contributed by atoms with Crippen molar-refractivity contribution >= 4 is 16.6 Å². The fraction of sp³-hybridized carbons (Fsp3) is 0.381. The zero-order valence-corrected chi connectivity index (χ0v) is 16.5. The predicted octanol–water partition coefficient (Wildman–Crippen LogP) is 2.95. The van der Waals surface area contributed by atoms with Gasteiger partial charge in [0.1, 0.15) is 5.75 Å². The minimum Gasteiger partial charge on any atom is -0.426 e. The number of benzene rings is 1. The Morgan fingerprint density at radius 1 is 1.25 bits per heavy atom. The average molecular weight is 379 g/mol. The van der Waals surface area contributed by atoms with Crippen molar-refractivity contribution in [1.82, 2.24) is 19.9 Å². The molecular weight excluding hydrogens is 354 g/mol. The third-order valence-electron chi connectivity index (χ3n) is 5.49. The number of likely N-dealkylation sites (tertiary alicyclic amines) is 1. The Labute approximate surface area is 164 Å². The van der Waals surface area contributed by atoms with E-state index in [9.17, 15) is 4.79 Å². The number of anilines is 1. The summed E-state index contributed by atoms with van der Waals surface area (Å²) in [4.78, 5) is 28.0. The molecule has 4 rings (SSSR count). The second kappa shape index (κ2) is 7.59. The van der Waals surface area contributed by atoms with Gasteiger partial charge in [-0.25, -0.2) is 0 Å². The van der Waals surface area contributed by atoms with Crippen LogP contribution in [0.25, 0.3) is 10.9 Å². The fourth-order valence-corrected chi connectivity index (χ4v) is 3.80. The lowest BCUT2D eigenvalue weighted by Crippen LogP contribution is -2.42. The smallest absolute Gasteiger partial charge is 0.302 e.